The van der Waals surface area contributed by atoms with Crippen molar-refractivity contribution < 1.29 is 0 Å². The molecule has 1 aromatic rings. The fraction of sp³-hybridized carbons (Fsp3) is 0.700. The molecule has 80 valence electrons. The summed E-state index contributed by atoms with van der Waals surface area (Å²) in [5.41, 5.74) is 1.12. The first-order chi connectivity index (χ1) is 6.38. The molecule has 4 heteroatoms. The van der Waals surface area contributed by atoms with E-state index in [1.807, 2.05) is 14.1 Å². The standard InChI is InChI=1S/C10H18ClN3/c1-10(2,3)8-9(11)13-7(6-12-4)14(8)5/h12H,6H2,1-5H3. The van der Waals surface area contributed by atoms with Crippen LogP contribution in [0, 0.1) is 0 Å². The molecular weight excluding hydrogens is 198 g/mol. The number of halogens is 1. The molecule has 14 heavy (non-hydrogen) atoms. The van der Waals surface area contributed by atoms with Gasteiger partial charge in [0.25, 0.3) is 0 Å². The summed E-state index contributed by atoms with van der Waals surface area (Å²) in [5.74, 6) is 0.974. The van der Waals surface area contributed by atoms with Crippen molar-refractivity contribution in [3.8, 4) is 0 Å². The Balaban J connectivity index is 3.18. The zero-order chi connectivity index (χ0) is 10.9. The average molecular weight is 216 g/mol. The SMILES string of the molecule is CNCc1nc(Cl)c(C(C)(C)C)n1C. The maximum atomic E-state index is 6.11. The summed E-state index contributed by atoms with van der Waals surface area (Å²) in [7, 11) is 3.91. The molecule has 0 bridgehead atoms. The van der Waals surface area contributed by atoms with Crippen LogP contribution < -0.4 is 5.32 Å². The summed E-state index contributed by atoms with van der Waals surface area (Å²) in [5, 5.41) is 3.69. The molecular formula is C10H18ClN3. The molecule has 1 N–H and O–H groups in total. The monoisotopic (exact) mass is 215 g/mol. The first kappa shape index (κ1) is 11.5. The zero-order valence-corrected chi connectivity index (χ0v) is 10.2. The normalized spacial score (nSPS) is 12.1. The molecule has 0 saturated carbocycles. The molecule has 0 unspecified atom stereocenters. The first-order valence-corrected chi connectivity index (χ1v) is 5.12. The van der Waals surface area contributed by atoms with Crippen molar-refractivity contribution in [3.05, 3.63) is 16.7 Å². The molecule has 0 saturated heterocycles. The van der Waals surface area contributed by atoms with Gasteiger partial charge in [0.2, 0.25) is 0 Å². The highest BCUT2D eigenvalue weighted by Gasteiger charge is 2.24. The zero-order valence-electron chi connectivity index (χ0n) is 9.48. The van der Waals surface area contributed by atoms with Crippen molar-refractivity contribution in [2.24, 2.45) is 7.05 Å². The van der Waals surface area contributed by atoms with Gasteiger partial charge in [0.1, 0.15) is 5.82 Å². The lowest BCUT2D eigenvalue weighted by Crippen LogP contribution is -2.18. The molecule has 0 aliphatic rings. The van der Waals surface area contributed by atoms with Crippen LogP contribution in [0.2, 0.25) is 5.15 Å². The van der Waals surface area contributed by atoms with Crippen LogP contribution in [-0.2, 0) is 19.0 Å². The van der Waals surface area contributed by atoms with Gasteiger partial charge in [-0.1, -0.05) is 32.4 Å². The number of nitrogens with zero attached hydrogens (tertiary/aromatic N) is 2. The molecule has 1 aromatic heterocycles. The summed E-state index contributed by atoms with van der Waals surface area (Å²) in [4.78, 5) is 4.33. The molecule has 0 fully saturated rings. The molecule has 0 aliphatic heterocycles. The third kappa shape index (κ3) is 2.10. The van der Waals surface area contributed by atoms with Crippen molar-refractivity contribution in [1.29, 1.82) is 0 Å². The van der Waals surface area contributed by atoms with Gasteiger partial charge in [-0.2, -0.15) is 0 Å². The van der Waals surface area contributed by atoms with Crippen molar-refractivity contribution in [3.63, 3.8) is 0 Å². The second-order valence-corrected chi connectivity index (χ2v) is 4.86. The van der Waals surface area contributed by atoms with Gasteiger partial charge in [0.15, 0.2) is 5.15 Å². The van der Waals surface area contributed by atoms with Crippen molar-refractivity contribution >= 4 is 11.6 Å². The number of imidazole rings is 1. The summed E-state index contributed by atoms with van der Waals surface area (Å²) in [6.07, 6.45) is 0. The van der Waals surface area contributed by atoms with Crippen LogP contribution in [0.4, 0.5) is 0 Å². The lowest BCUT2D eigenvalue weighted by molar-refractivity contribution is 0.534. The third-order valence-corrected chi connectivity index (χ3v) is 2.45. The number of nitrogens with one attached hydrogen (secondary N) is 1. The van der Waals surface area contributed by atoms with Crippen LogP contribution in [0.15, 0.2) is 0 Å². The van der Waals surface area contributed by atoms with Gasteiger partial charge in [-0.25, -0.2) is 4.98 Å². The van der Waals surface area contributed by atoms with Crippen LogP contribution in [0.5, 0.6) is 0 Å². The molecule has 0 atom stereocenters. The van der Waals surface area contributed by atoms with Crippen molar-refractivity contribution in [2.45, 2.75) is 32.7 Å². The van der Waals surface area contributed by atoms with Crippen LogP contribution in [0.25, 0.3) is 0 Å². The topological polar surface area (TPSA) is 29.9 Å². The van der Waals surface area contributed by atoms with Gasteiger partial charge in [-0.3, -0.25) is 0 Å². The Morgan fingerprint density at radius 3 is 2.36 bits per heavy atom. The maximum Gasteiger partial charge on any atom is 0.151 e. The number of hydrogen-bond donors (Lipinski definition) is 1. The molecule has 1 heterocycles. The molecule has 0 spiro atoms. The smallest absolute Gasteiger partial charge is 0.151 e. The maximum absolute atomic E-state index is 6.11. The van der Waals surface area contributed by atoms with Crippen LogP contribution in [0.3, 0.4) is 0 Å². The fourth-order valence-corrected chi connectivity index (χ4v) is 2.15. The van der Waals surface area contributed by atoms with Gasteiger partial charge < -0.3 is 9.88 Å². The fourth-order valence-electron chi connectivity index (χ4n) is 1.64. The van der Waals surface area contributed by atoms with E-state index in [0.717, 1.165) is 18.1 Å². The van der Waals surface area contributed by atoms with Gasteiger partial charge in [-0.15, -0.1) is 0 Å². The number of rotatable bonds is 2. The highest BCUT2D eigenvalue weighted by Crippen LogP contribution is 2.29. The largest absolute Gasteiger partial charge is 0.332 e. The van der Waals surface area contributed by atoms with E-state index in [0.29, 0.717) is 5.15 Å². The Morgan fingerprint density at radius 2 is 2.00 bits per heavy atom. The average Bonchev–Trinajstić information content (AvgIpc) is 2.26. The minimum atomic E-state index is 0.0326. The second-order valence-electron chi connectivity index (χ2n) is 4.51. The molecule has 1 rings (SSSR count). The lowest BCUT2D eigenvalue weighted by atomic mass is 9.92. The first-order valence-electron chi connectivity index (χ1n) is 4.74. The highest BCUT2D eigenvalue weighted by atomic mass is 35.5. The predicted molar refractivity (Wildman–Crippen MR) is 59.7 cm³/mol. The van der Waals surface area contributed by atoms with E-state index in [2.05, 4.69) is 35.6 Å². The Hall–Kier alpha value is -0.540. The van der Waals surface area contributed by atoms with Gasteiger partial charge in [-0.05, 0) is 7.05 Å². The third-order valence-electron chi connectivity index (χ3n) is 2.19. The summed E-state index contributed by atoms with van der Waals surface area (Å²) < 4.78 is 2.07. The van der Waals surface area contributed by atoms with Crippen molar-refractivity contribution in [2.75, 3.05) is 7.05 Å². The molecule has 0 aliphatic carbocycles. The Kier molecular flexibility index (Phi) is 3.22. The molecule has 0 aromatic carbocycles. The lowest BCUT2D eigenvalue weighted by Gasteiger charge is -2.20. The Bertz CT molecular complexity index is 323. The summed E-state index contributed by atoms with van der Waals surface area (Å²) >= 11 is 6.11. The van der Waals surface area contributed by atoms with Gasteiger partial charge in [0.05, 0.1) is 12.2 Å². The van der Waals surface area contributed by atoms with Crippen LogP contribution >= 0.6 is 11.6 Å². The quantitative estimate of drug-likeness (QED) is 0.819. The van der Waals surface area contributed by atoms with Gasteiger partial charge >= 0.3 is 0 Å². The number of aromatic nitrogens is 2. The van der Waals surface area contributed by atoms with E-state index in [-0.39, 0.29) is 5.41 Å². The Morgan fingerprint density at radius 1 is 1.43 bits per heavy atom. The van der Waals surface area contributed by atoms with E-state index < -0.39 is 0 Å². The predicted octanol–water partition coefficient (Wildman–Crippen LogP) is 2.09. The van der Waals surface area contributed by atoms with E-state index >= 15 is 0 Å². The van der Waals surface area contributed by atoms with Crippen LogP contribution in [0.1, 0.15) is 32.3 Å². The Labute approximate surface area is 90.5 Å². The van der Waals surface area contributed by atoms with E-state index in [9.17, 15) is 0 Å². The summed E-state index contributed by atoms with van der Waals surface area (Å²) in [6.45, 7) is 7.16. The number of hydrogen-bond acceptors (Lipinski definition) is 2. The minimum absolute atomic E-state index is 0.0326. The molecule has 3 nitrogen and oxygen atoms in total. The van der Waals surface area contributed by atoms with E-state index in [1.165, 1.54) is 0 Å². The molecule has 0 amide bonds. The minimum Gasteiger partial charge on any atom is -0.332 e. The van der Waals surface area contributed by atoms with E-state index in [4.69, 9.17) is 11.6 Å². The highest BCUT2D eigenvalue weighted by molar-refractivity contribution is 6.30. The molecule has 0 radical (unpaired) electrons. The van der Waals surface area contributed by atoms with Crippen LogP contribution in [-0.4, -0.2) is 16.6 Å². The van der Waals surface area contributed by atoms with Gasteiger partial charge in [0, 0.05) is 12.5 Å². The summed E-state index contributed by atoms with van der Waals surface area (Å²) in [6, 6.07) is 0. The van der Waals surface area contributed by atoms with Crippen molar-refractivity contribution in [1.82, 2.24) is 14.9 Å². The van der Waals surface area contributed by atoms with E-state index in [1.54, 1.807) is 0 Å². The second kappa shape index (κ2) is 3.91.